The topological polar surface area (TPSA) is 80.4 Å². The van der Waals surface area contributed by atoms with Crippen LogP contribution in [0.15, 0.2) is 0 Å². The summed E-state index contributed by atoms with van der Waals surface area (Å²) in [6, 6.07) is 0. The highest BCUT2D eigenvalue weighted by Gasteiger charge is 2.39. The molecule has 0 aromatic rings. The molecule has 0 spiro atoms. The predicted molar refractivity (Wildman–Crippen MR) is 66.8 cm³/mol. The summed E-state index contributed by atoms with van der Waals surface area (Å²) >= 11 is 3.83. The Bertz CT molecular complexity index is 245. The fraction of sp³-hybridized carbons (Fsp3) is 0.818. The summed E-state index contributed by atoms with van der Waals surface area (Å²) in [7, 11) is 0. The van der Waals surface area contributed by atoms with Crippen molar-refractivity contribution in [1.29, 1.82) is 0 Å². The van der Waals surface area contributed by atoms with Crippen molar-refractivity contribution >= 4 is 24.4 Å². The monoisotopic (exact) mass is 247 g/mol. The standard InChI is InChI=1S/C11H21NO3S/c1-2-3-4-5-6-7-9(13)11(12,8-16)10(14)15/h16H,2-8,12H2,1H3,(H,14,15). The van der Waals surface area contributed by atoms with Gasteiger partial charge in [-0.2, -0.15) is 12.6 Å². The minimum Gasteiger partial charge on any atom is -0.480 e. The molecule has 94 valence electrons. The molecule has 4 nitrogen and oxygen atoms in total. The van der Waals surface area contributed by atoms with Crippen molar-refractivity contribution in [3.8, 4) is 0 Å². The molecule has 0 aromatic carbocycles. The molecule has 3 N–H and O–H groups in total. The van der Waals surface area contributed by atoms with Gasteiger partial charge in [-0.15, -0.1) is 0 Å². The molecule has 0 rings (SSSR count). The third kappa shape index (κ3) is 4.53. The number of hydrogen-bond acceptors (Lipinski definition) is 4. The molecule has 1 atom stereocenters. The average Bonchev–Trinajstić information content (AvgIpc) is 2.27. The van der Waals surface area contributed by atoms with Crippen LogP contribution in [0.1, 0.15) is 45.4 Å². The summed E-state index contributed by atoms with van der Waals surface area (Å²) in [6.07, 6.45) is 5.25. The molecule has 0 saturated heterocycles. The Hall–Kier alpha value is -0.550. The van der Waals surface area contributed by atoms with Gasteiger partial charge in [-0.3, -0.25) is 4.79 Å². The summed E-state index contributed by atoms with van der Waals surface area (Å²) in [6.45, 7) is 2.11. The van der Waals surface area contributed by atoms with Crippen molar-refractivity contribution < 1.29 is 14.7 Å². The summed E-state index contributed by atoms with van der Waals surface area (Å²) in [4.78, 5) is 22.4. The van der Waals surface area contributed by atoms with Crippen LogP contribution in [-0.4, -0.2) is 28.2 Å². The van der Waals surface area contributed by atoms with Crippen molar-refractivity contribution in [3.63, 3.8) is 0 Å². The second-order valence-corrected chi connectivity index (χ2v) is 4.34. The molecule has 0 bridgehead atoms. The lowest BCUT2D eigenvalue weighted by atomic mass is 9.93. The lowest BCUT2D eigenvalue weighted by molar-refractivity contribution is -0.147. The maximum atomic E-state index is 11.6. The van der Waals surface area contributed by atoms with Gasteiger partial charge in [0.2, 0.25) is 0 Å². The Morgan fingerprint density at radius 2 is 1.81 bits per heavy atom. The molecule has 5 heteroatoms. The second-order valence-electron chi connectivity index (χ2n) is 4.02. The van der Waals surface area contributed by atoms with Gasteiger partial charge in [-0.1, -0.05) is 32.6 Å². The molecular weight excluding hydrogens is 226 g/mol. The van der Waals surface area contributed by atoms with Crippen LogP contribution in [0.3, 0.4) is 0 Å². The quantitative estimate of drug-likeness (QED) is 0.328. The van der Waals surface area contributed by atoms with E-state index in [1.807, 2.05) is 0 Å². The van der Waals surface area contributed by atoms with E-state index in [9.17, 15) is 9.59 Å². The van der Waals surface area contributed by atoms with E-state index in [1.54, 1.807) is 0 Å². The molecule has 0 amide bonds. The Kier molecular flexibility index (Phi) is 7.42. The third-order valence-electron chi connectivity index (χ3n) is 2.64. The second kappa shape index (κ2) is 7.68. The smallest absolute Gasteiger partial charge is 0.332 e. The van der Waals surface area contributed by atoms with Gasteiger partial charge in [0, 0.05) is 12.2 Å². The number of hydrogen-bond donors (Lipinski definition) is 3. The van der Waals surface area contributed by atoms with Crippen LogP contribution in [0, 0.1) is 0 Å². The van der Waals surface area contributed by atoms with Crippen molar-refractivity contribution in [2.45, 2.75) is 51.0 Å². The molecule has 0 aliphatic rings. The number of rotatable bonds is 9. The number of nitrogens with two attached hydrogens (primary N) is 1. The van der Waals surface area contributed by atoms with E-state index in [1.165, 1.54) is 0 Å². The van der Waals surface area contributed by atoms with Crippen LogP contribution in [-0.2, 0) is 9.59 Å². The number of Topliss-reactive ketones (excluding diaryl/α,β-unsaturated/α-hetero) is 1. The highest BCUT2D eigenvalue weighted by atomic mass is 32.1. The minimum absolute atomic E-state index is 0.157. The molecule has 16 heavy (non-hydrogen) atoms. The van der Waals surface area contributed by atoms with E-state index < -0.39 is 17.3 Å². The van der Waals surface area contributed by atoms with Crippen LogP contribution >= 0.6 is 12.6 Å². The zero-order valence-corrected chi connectivity index (χ0v) is 10.6. The first-order chi connectivity index (χ1) is 7.49. The largest absolute Gasteiger partial charge is 0.480 e. The third-order valence-corrected chi connectivity index (χ3v) is 3.13. The number of ketones is 1. The maximum absolute atomic E-state index is 11.6. The molecular formula is C11H21NO3S. The lowest BCUT2D eigenvalue weighted by Crippen LogP contribution is -2.56. The van der Waals surface area contributed by atoms with Gasteiger partial charge in [0.1, 0.15) is 0 Å². The number of carbonyl (C=O) groups excluding carboxylic acids is 1. The highest BCUT2D eigenvalue weighted by molar-refractivity contribution is 7.80. The molecule has 0 radical (unpaired) electrons. The van der Waals surface area contributed by atoms with Gasteiger partial charge in [-0.25, -0.2) is 4.79 Å². The number of carboxylic acid groups (broad SMARTS) is 1. The van der Waals surface area contributed by atoms with E-state index in [2.05, 4.69) is 19.6 Å². The summed E-state index contributed by atoms with van der Waals surface area (Å²) in [5.74, 6) is -1.87. The average molecular weight is 247 g/mol. The molecule has 1 unspecified atom stereocenters. The first kappa shape index (κ1) is 15.4. The minimum atomic E-state index is -1.81. The first-order valence-corrected chi connectivity index (χ1v) is 6.28. The van der Waals surface area contributed by atoms with Crippen LogP contribution in [0.4, 0.5) is 0 Å². The van der Waals surface area contributed by atoms with Gasteiger partial charge in [-0.05, 0) is 6.42 Å². The summed E-state index contributed by atoms with van der Waals surface area (Å²) in [5, 5.41) is 8.85. The summed E-state index contributed by atoms with van der Waals surface area (Å²) < 4.78 is 0. The van der Waals surface area contributed by atoms with Crippen molar-refractivity contribution in [1.82, 2.24) is 0 Å². The van der Waals surface area contributed by atoms with Crippen molar-refractivity contribution in [2.75, 3.05) is 5.75 Å². The Morgan fingerprint density at radius 3 is 2.25 bits per heavy atom. The number of aliphatic carboxylic acids is 1. The predicted octanol–water partition coefficient (Wildman–Crippen LogP) is 1.63. The lowest BCUT2D eigenvalue weighted by Gasteiger charge is -2.20. The molecule has 0 aliphatic carbocycles. The normalized spacial score (nSPS) is 14.4. The Balaban J connectivity index is 3.99. The van der Waals surface area contributed by atoms with Crippen LogP contribution in [0.5, 0.6) is 0 Å². The van der Waals surface area contributed by atoms with Gasteiger partial charge >= 0.3 is 5.97 Å². The number of thiol groups is 1. The summed E-state index contributed by atoms with van der Waals surface area (Å²) in [5.41, 5.74) is 3.69. The van der Waals surface area contributed by atoms with Crippen LogP contribution in [0.25, 0.3) is 0 Å². The number of carboxylic acids is 1. The van der Waals surface area contributed by atoms with Gasteiger partial charge in [0.05, 0.1) is 0 Å². The van der Waals surface area contributed by atoms with E-state index in [4.69, 9.17) is 10.8 Å². The van der Waals surface area contributed by atoms with Gasteiger partial charge in [0.25, 0.3) is 0 Å². The molecule has 0 heterocycles. The van der Waals surface area contributed by atoms with Crippen LogP contribution < -0.4 is 5.73 Å². The van der Waals surface area contributed by atoms with E-state index in [0.29, 0.717) is 6.42 Å². The van der Waals surface area contributed by atoms with Gasteiger partial charge < -0.3 is 10.8 Å². The van der Waals surface area contributed by atoms with Crippen molar-refractivity contribution in [3.05, 3.63) is 0 Å². The fourth-order valence-electron chi connectivity index (χ4n) is 1.39. The molecule has 0 aromatic heterocycles. The first-order valence-electron chi connectivity index (χ1n) is 5.65. The van der Waals surface area contributed by atoms with E-state index in [0.717, 1.165) is 25.7 Å². The molecule has 0 saturated carbocycles. The zero-order chi connectivity index (χ0) is 12.6. The Morgan fingerprint density at radius 1 is 1.25 bits per heavy atom. The van der Waals surface area contributed by atoms with E-state index >= 15 is 0 Å². The highest BCUT2D eigenvalue weighted by Crippen LogP contribution is 2.12. The SMILES string of the molecule is CCCCCCCC(=O)C(N)(CS)C(=O)O. The molecule has 0 fully saturated rings. The molecule has 0 aliphatic heterocycles. The van der Waals surface area contributed by atoms with Crippen LogP contribution in [0.2, 0.25) is 0 Å². The van der Waals surface area contributed by atoms with Crippen molar-refractivity contribution in [2.24, 2.45) is 5.73 Å². The van der Waals surface area contributed by atoms with E-state index in [-0.39, 0.29) is 12.2 Å². The fourth-order valence-corrected chi connectivity index (χ4v) is 1.70. The maximum Gasteiger partial charge on any atom is 0.332 e. The number of carbonyl (C=O) groups is 2. The van der Waals surface area contributed by atoms with Gasteiger partial charge in [0.15, 0.2) is 11.3 Å². The number of unbranched alkanes of at least 4 members (excludes halogenated alkanes) is 4. The zero-order valence-electron chi connectivity index (χ0n) is 9.74. The Labute approximate surface area is 102 Å².